The van der Waals surface area contributed by atoms with Gasteiger partial charge in [0.15, 0.2) is 5.65 Å². The molecule has 0 aliphatic carbocycles. The Kier molecular flexibility index (Phi) is 5.61. The van der Waals surface area contributed by atoms with E-state index in [4.69, 9.17) is 10.5 Å². The van der Waals surface area contributed by atoms with Crippen molar-refractivity contribution in [2.45, 2.75) is 25.4 Å². The molecule has 152 valence electrons. The summed E-state index contributed by atoms with van der Waals surface area (Å²) in [6.45, 7) is 5.04. The van der Waals surface area contributed by atoms with Gasteiger partial charge in [-0.15, -0.1) is 0 Å². The lowest BCUT2D eigenvalue weighted by Crippen LogP contribution is -2.37. The van der Waals surface area contributed by atoms with E-state index in [1.807, 2.05) is 35.2 Å². The fourth-order valence-corrected chi connectivity index (χ4v) is 3.63. The number of aromatic nitrogens is 4. The van der Waals surface area contributed by atoms with Crippen LogP contribution in [-0.2, 0) is 11.3 Å². The van der Waals surface area contributed by atoms with Gasteiger partial charge < -0.3 is 15.4 Å². The van der Waals surface area contributed by atoms with Crippen LogP contribution in [0.25, 0.3) is 11.0 Å². The first-order chi connectivity index (χ1) is 14.7. The minimum Gasteiger partial charge on any atom is -0.481 e. The molecule has 0 bridgehead atoms. The molecule has 0 radical (unpaired) electrons. The average molecular weight is 402 g/mol. The number of carbonyl (C=O) groups is 1. The number of ether oxygens (including phenoxy) is 1. The van der Waals surface area contributed by atoms with Crippen molar-refractivity contribution < 1.29 is 9.53 Å². The second-order valence-electron chi connectivity index (χ2n) is 6.92. The van der Waals surface area contributed by atoms with Crippen LogP contribution in [0.4, 0.5) is 5.82 Å². The Morgan fingerprint density at radius 1 is 1.33 bits per heavy atom. The largest absolute Gasteiger partial charge is 0.481 e. The number of para-hydroxylation sites is 1. The maximum atomic E-state index is 12.1. The normalized spacial score (nSPS) is 15.6. The molecule has 2 N–H and O–H groups in total. The van der Waals surface area contributed by atoms with Crippen molar-refractivity contribution in [2.75, 3.05) is 18.9 Å². The van der Waals surface area contributed by atoms with Crippen LogP contribution in [0.2, 0.25) is 0 Å². The molecule has 1 amide bonds. The Labute approximate surface area is 174 Å². The molecule has 0 saturated carbocycles. The fourth-order valence-electron chi connectivity index (χ4n) is 3.63. The van der Waals surface area contributed by atoms with Crippen LogP contribution in [0.5, 0.6) is 5.75 Å². The molecule has 2 aromatic heterocycles. The monoisotopic (exact) mass is 402 g/mol. The topological polar surface area (TPSA) is 99.2 Å². The number of nitrogen functional groups attached to an aromatic ring is 1. The van der Waals surface area contributed by atoms with E-state index in [0.29, 0.717) is 29.1 Å². The first-order valence-electron chi connectivity index (χ1n) is 9.74. The van der Waals surface area contributed by atoms with E-state index in [-0.39, 0.29) is 18.6 Å². The summed E-state index contributed by atoms with van der Waals surface area (Å²) in [5.41, 5.74) is 7.19. The summed E-state index contributed by atoms with van der Waals surface area (Å²) < 4.78 is 7.37. The smallest absolute Gasteiger partial charge is 0.246 e. The maximum Gasteiger partial charge on any atom is 0.246 e. The van der Waals surface area contributed by atoms with Gasteiger partial charge in [-0.3, -0.25) is 4.79 Å². The number of rotatable bonds is 5. The molecule has 1 atom stereocenters. The molecule has 3 heterocycles. The van der Waals surface area contributed by atoms with Crippen LogP contribution in [-0.4, -0.2) is 49.7 Å². The van der Waals surface area contributed by atoms with E-state index >= 15 is 0 Å². The molecular weight excluding hydrogens is 380 g/mol. The van der Waals surface area contributed by atoms with E-state index in [9.17, 15) is 4.79 Å². The zero-order chi connectivity index (χ0) is 20.9. The third-order valence-electron chi connectivity index (χ3n) is 5.04. The van der Waals surface area contributed by atoms with Crippen molar-refractivity contribution in [3.8, 4) is 17.6 Å². The summed E-state index contributed by atoms with van der Waals surface area (Å²) in [5.74, 6) is 7.01. The average Bonchev–Trinajstić information content (AvgIpc) is 3.37. The highest BCUT2D eigenvalue weighted by molar-refractivity contribution is 5.90. The van der Waals surface area contributed by atoms with Gasteiger partial charge in [-0.05, 0) is 37.0 Å². The summed E-state index contributed by atoms with van der Waals surface area (Å²) in [6.07, 6.45) is 4.60. The molecular formula is C22H22N6O2. The van der Waals surface area contributed by atoms with Crippen LogP contribution >= 0.6 is 0 Å². The SMILES string of the molecule is C=CC(=O)N1CCC[C@H]1Cn1nc(C#CCOc2ccccc2)c2c(N)ncnc21. The molecule has 1 fully saturated rings. The summed E-state index contributed by atoms with van der Waals surface area (Å²) >= 11 is 0. The van der Waals surface area contributed by atoms with E-state index < -0.39 is 0 Å². The Hall–Kier alpha value is -3.86. The molecule has 8 heteroatoms. The molecule has 1 aliphatic rings. The highest BCUT2D eigenvalue weighted by Crippen LogP contribution is 2.24. The molecule has 0 unspecified atom stereocenters. The molecule has 4 rings (SSSR count). The van der Waals surface area contributed by atoms with Crippen LogP contribution < -0.4 is 10.5 Å². The van der Waals surface area contributed by atoms with Crippen molar-refractivity contribution in [1.82, 2.24) is 24.6 Å². The summed E-state index contributed by atoms with van der Waals surface area (Å²) in [4.78, 5) is 22.4. The van der Waals surface area contributed by atoms with Gasteiger partial charge in [0.2, 0.25) is 5.91 Å². The van der Waals surface area contributed by atoms with Gasteiger partial charge in [-0.2, -0.15) is 5.10 Å². The number of nitrogens with zero attached hydrogens (tertiary/aromatic N) is 5. The maximum absolute atomic E-state index is 12.1. The number of fused-ring (bicyclic) bond motifs is 1. The third-order valence-corrected chi connectivity index (χ3v) is 5.04. The zero-order valence-corrected chi connectivity index (χ0v) is 16.5. The lowest BCUT2D eigenvalue weighted by molar-refractivity contribution is -0.127. The Bertz CT molecular complexity index is 1130. The highest BCUT2D eigenvalue weighted by Gasteiger charge is 2.29. The van der Waals surface area contributed by atoms with Crippen molar-refractivity contribution in [2.24, 2.45) is 0 Å². The molecule has 0 spiro atoms. The van der Waals surface area contributed by atoms with Gasteiger partial charge in [0.05, 0.1) is 18.0 Å². The number of likely N-dealkylation sites (tertiary alicyclic amines) is 1. The predicted molar refractivity (Wildman–Crippen MR) is 113 cm³/mol. The van der Waals surface area contributed by atoms with E-state index in [2.05, 4.69) is 33.5 Å². The van der Waals surface area contributed by atoms with Gasteiger partial charge in [-0.25, -0.2) is 14.6 Å². The van der Waals surface area contributed by atoms with Gasteiger partial charge in [-0.1, -0.05) is 30.7 Å². The predicted octanol–water partition coefficient (Wildman–Crippen LogP) is 2.02. The molecule has 1 saturated heterocycles. The summed E-state index contributed by atoms with van der Waals surface area (Å²) in [5, 5.41) is 5.23. The van der Waals surface area contributed by atoms with E-state index in [1.165, 1.54) is 12.4 Å². The van der Waals surface area contributed by atoms with Crippen LogP contribution in [0.3, 0.4) is 0 Å². The fraction of sp³-hybridized carbons (Fsp3) is 0.273. The molecule has 1 aromatic carbocycles. The quantitative estimate of drug-likeness (QED) is 0.518. The standard InChI is InChI=1S/C22H22N6O2/c1-2-19(29)27-12-6-8-16(27)14-28-22-20(21(23)24-15-25-22)18(26-28)11-7-13-30-17-9-4-3-5-10-17/h2-5,9-10,15-16H,1,6,8,12-14H2,(H2,23,24,25)/t16-/m0/s1. The van der Waals surface area contributed by atoms with Crippen LogP contribution in [0.1, 0.15) is 18.5 Å². The number of carbonyl (C=O) groups excluding carboxylic acids is 1. The summed E-state index contributed by atoms with van der Waals surface area (Å²) in [7, 11) is 0. The van der Waals surface area contributed by atoms with E-state index in [0.717, 1.165) is 25.1 Å². The van der Waals surface area contributed by atoms with Gasteiger partial charge in [0.25, 0.3) is 0 Å². The molecule has 3 aromatic rings. The van der Waals surface area contributed by atoms with E-state index in [1.54, 1.807) is 4.68 Å². The van der Waals surface area contributed by atoms with Crippen molar-refractivity contribution in [1.29, 1.82) is 0 Å². The second-order valence-corrected chi connectivity index (χ2v) is 6.92. The number of hydrogen-bond acceptors (Lipinski definition) is 6. The Morgan fingerprint density at radius 3 is 2.97 bits per heavy atom. The van der Waals surface area contributed by atoms with Gasteiger partial charge >= 0.3 is 0 Å². The minimum absolute atomic E-state index is 0.0250. The lowest BCUT2D eigenvalue weighted by atomic mass is 10.2. The van der Waals surface area contributed by atoms with Crippen molar-refractivity contribution >= 4 is 22.8 Å². The number of hydrogen-bond donors (Lipinski definition) is 1. The van der Waals surface area contributed by atoms with Gasteiger partial charge in [0.1, 0.15) is 30.2 Å². The van der Waals surface area contributed by atoms with Crippen LogP contribution in [0, 0.1) is 11.8 Å². The zero-order valence-electron chi connectivity index (χ0n) is 16.5. The number of nitrogens with two attached hydrogens (primary N) is 1. The van der Waals surface area contributed by atoms with Crippen molar-refractivity contribution in [3.05, 3.63) is 55.0 Å². The Balaban J connectivity index is 1.58. The van der Waals surface area contributed by atoms with Crippen molar-refractivity contribution in [3.63, 3.8) is 0 Å². The lowest BCUT2D eigenvalue weighted by Gasteiger charge is -2.23. The molecule has 1 aliphatic heterocycles. The first kappa shape index (κ1) is 19.5. The highest BCUT2D eigenvalue weighted by atomic mass is 16.5. The third kappa shape index (κ3) is 3.96. The molecule has 8 nitrogen and oxygen atoms in total. The molecule has 30 heavy (non-hydrogen) atoms. The van der Waals surface area contributed by atoms with Crippen LogP contribution in [0.15, 0.2) is 49.3 Å². The Morgan fingerprint density at radius 2 is 2.17 bits per heavy atom. The minimum atomic E-state index is -0.0684. The summed E-state index contributed by atoms with van der Waals surface area (Å²) in [6, 6.07) is 9.50. The van der Waals surface area contributed by atoms with Gasteiger partial charge in [0, 0.05) is 6.54 Å². The second kappa shape index (κ2) is 8.66. The first-order valence-corrected chi connectivity index (χ1v) is 9.74. The number of benzene rings is 1. The number of amides is 1. The number of anilines is 1.